The minimum atomic E-state index is -0.462. The Morgan fingerprint density at radius 3 is 2.66 bits per heavy atom. The number of rotatable bonds is 4. The Bertz CT molecular complexity index is 1070. The van der Waals surface area contributed by atoms with Gasteiger partial charge in [0.2, 0.25) is 0 Å². The van der Waals surface area contributed by atoms with Crippen molar-refractivity contribution in [3.8, 4) is 0 Å². The lowest BCUT2D eigenvalue weighted by Crippen LogP contribution is -2.45. The number of nitrogens with zero attached hydrogens (tertiary/aromatic N) is 6. The molecule has 3 heterocycles. The van der Waals surface area contributed by atoms with Gasteiger partial charge in [0.25, 0.3) is 5.69 Å². The van der Waals surface area contributed by atoms with Crippen molar-refractivity contribution in [3.05, 3.63) is 46.5 Å². The lowest BCUT2D eigenvalue weighted by molar-refractivity contribution is -0.383. The number of nitrogens with two attached hydrogens (primary N) is 1. The van der Waals surface area contributed by atoms with Gasteiger partial charge in [0.05, 0.1) is 28.5 Å². The highest BCUT2D eigenvalue weighted by Crippen LogP contribution is 2.35. The van der Waals surface area contributed by atoms with Gasteiger partial charge < -0.3 is 10.6 Å². The van der Waals surface area contributed by atoms with E-state index in [4.69, 9.17) is 10.7 Å². The number of nitrogen functional groups attached to an aromatic ring is 1. The molecule has 1 saturated carbocycles. The predicted octanol–water partition coefficient (Wildman–Crippen LogP) is 3.43. The van der Waals surface area contributed by atoms with Crippen molar-refractivity contribution >= 4 is 28.1 Å². The van der Waals surface area contributed by atoms with Gasteiger partial charge in [0, 0.05) is 31.0 Å². The largest absolute Gasteiger partial charge is 0.393 e. The van der Waals surface area contributed by atoms with Gasteiger partial charge in [-0.2, -0.15) is 5.10 Å². The van der Waals surface area contributed by atoms with Crippen LogP contribution in [0, 0.1) is 10.1 Å². The van der Waals surface area contributed by atoms with Crippen molar-refractivity contribution in [1.82, 2.24) is 19.7 Å². The highest BCUT2D eigenvalue weighted by atomic mass is 16.6. The zero-order valence-electron chi connectivity index (χ0n) is 16.1. The summed E-state index contributed by atoms with van der Waals surface area (Å²) in [5, 5.41) is 16.5. The van der Waals surface area contributed by atoms with Crippen LogP contribution in [0.15, 0.2) is 30.6 Å². The maximum absolute atomic E-state index is 10.9. The molecular formula is C20H23N7O2. The van der Waals surface area contributed by atoms with Gasteiger partial charge in [-0.1, -0.05) is 19.3 Å². The number of aromatic nitrogens is 4. The van der Waals surface area contributed by atoms with Gasteiger partial charge in [-0.05, 0) is 25.0 Å². The van der Waals surface area contributed by atoms with Crippen LogP contribution in [0.4, 0.5) is 17.1 Å². The summed E-state index contributed by atoms with van der Waals surface area (Å²) in [4.78, 5) is 22.0. The molecule has 0 radical (unpaired) electrons. The number of anilines is 2. The summed E-state index contributed by atoms with van der Waals surface area (Å²) in [5.74, 6) is 1.06. The molecule has 0 atom stereocenters. The first-order chi connectivity index (χ1) is 14.1. The Labute approximate surface area is 167 Å². The van der Waals surface area contributed by atoms with E-state index in [0.717, 1.165) is 48.5 Å². The summed E-state index contributed by atoms with van der Waals surface area (Å²) in [5.41, 5.74) is 7.76. The van der Waals surface area contributed by atoms with Crippen molar-refractivity contribution < 1.29 is 4.92 Å². The Morgan fingerprint density at radius 2 is 1.93 bits per heavy atom. The smallest absolute Gasteiger partial charge is 0.292 e. The molecule has 0 bridgehead atoms. The average Bonchev–Trinajstić information content (AvgIpc) is 3.11. The van der Waals surface area contributed by atoms with Crippen LogP contribution in [-0.4, -0.2) is 37.8 Å². The third kappa shape index (κ3) is 3.16. The quantitative estimate of drug-likeness (QED) is 0.410. The van der Waals surface area contributed by atoms with E-state index in [0.29, 0.717) is 6.04 Å². The average molecular weight is 393 g/mol. The molecule has 2 fully saturated rings. The van der Waals surface area contributed by atoms with Crippen molar-refractivity contribution in [3.63, 3.8) is 0 Å². The predicted molar refractivity (Wildman–Crippen MR) is 110 cm³/mol. The molecule has 5 rings (SSSR count). The number of nitro groups is 1. The van der Waals surface area contributed by atoms with E-state index in [2.05, 4.69) is 19.7 Å². The van der Waals surface area contributed by atoms with Gasteiger partial charge >= 0.3 is 0 Å². The molecule has 1 saturated heterocycles. The molecule has 1 aliphatic heterocycles. The minimum Gasteiger partial charge on any atom is -0.393 e. The van der Waals surface area contributed by atoms with Gasteiger partial charge in [-0.25, -0.2) is 14.6 Å². The van der Waals surface area contributed by atoms with E-state index in [1.807, 2.05) is 12.4 Å². The van der Waals surface area contributed by atoms with Crippen LogP contribution in [0.2, 0.25) is 0 Å². The zero-order chi connectivity index (χ0) is 20.0. The van der Waals surface area contributed by atoms with Crippen molar-refractivity contribution in [1.29, 1.82) is 0 Å². The molecule has 0 amide bonds. The van der Waals surface area contributed by atoms with E-state index >= 15 is 0 Å². The van der Waals surface area contributed by atoms with Crippen LogP contribution in [0.3, 0.4) is 0 Å². The molecule has 2 aliphatic rings. The van der Waals surface area contributed by atoms with Crippen LogP contribution in [0.25, 0.3) is 11.0 Å². The maximum atomic E-state index is 10.9. The van der Waals surface area contributed by atoms with Crippen LogP contribution in [-0.2, 0) is 0 Å². The fraction of sp³-hybridized carbons (Fsp3) is 0.450. The first kappa shape index (κ1) is 17.8. The third-order valence-corrected chi connectivity index (χ3v) is 6.09. The standard InChI is InChI=1S/C20H23N7O2/c21-17-8-16(6-7-18(17)27(28)29)25-11-14(12-25)19-22-9-13-10-23-26(20(13)24-19)15-4-2-1-3-5-15/h6-10,14-15H,1-5,11-12,21H2. The molecule has 0 unspecified atom stereocenters. The molecule has 9 nitrogen and oxygen atoms in total. The minimum absolute atomic E-state index is 0.0596. The number of nitro benzene ring substituents is 1. The second kappa shape index (κ2) is 6.98. The number of hydrogen-bond donors (Lipinski definition) is 1. The molecule has 29 heavy (non-hydrogen) atoms. The fourth-order valence-corrected chi connectivity index (χ4v) is 4.40. The van der Waals surface area contributed by atoms with E-state index in [-0.39, 0.29) is 17.3 Å². The third-order valence-electron chi connectivity index (χ3n) is 6.09. The summed E-state index contributed by atoms with van der Waals surface area (Å²) in [6.45, 7) is 1.53. The van der Waals surface area contributed by atoms with Crippen molar-refractivity contribution in [2.45, 2.75) is 44.1 Å². The summed E-state index contributed by atoms with van der Waals surface area (Å²) in [6.07, 6.45) is 9.86. The molecule has 1 aromatic carbocycles. The van der Waals surface area contributed by atoms with E-state index in [9.17, 15) is 10.1 Å². The number of fused-ring (bicyclic) bond motifs is 1. The highest BCUT2D eigenvalue weighted by Gasteiger charge is 2.32. The second-order valence-electron chi connectivity index (χ2n) is 7.99. The molecule has 150 valence electrons. The van der Waals surface area contributed by atoms with E-state index < -0.39 is 4.92 Å². The first-order valence-electron chi connectivity index (χ1n) is 10.1. The topological polar surface area (TPSA) is 116 Å². The van der Waals surface area contributed by atoms with Crippen molar-refractivity contribution in [2.24, 2.45) is 0 Å². The molecule has 0 spiro atoms. The molecule has 3 aromatic rings. The van der Waals surface area contributed by atoms with Crippen molar-refractivity contribution in [2.75, 3.05) is 23.7 Å². The Balaban J connectivity index is 1.34. The number of hydrogen-bond acceptors (Lipinski definition) is 7. The van der Waals surface area contributed by atoms with Crippen LogP contribution in [0.1, 0.15) is 49.9 Å². The Kier molecular flexibility index (Phi) is 4.30. The van der Waals surface area contributed by atoms with Gasteiger partial charge in [0.1, 0.15) is 11.5 Å². The first-order valence-corrected chi connectivity index (χ1v) is 10.1. The number of benzene rings is 1. The Hall–Kier alpha value is -3.23. The lowest BCUT2D eigenvalue weighted by atomic mass is 9.95. The summed E-state index contributed by atoms with van der Waals surface area (Å²) >= 11 is 0. The zero-order valence-corrected chi connectivity index (χ0v) is 16.1. The molecule has 9 heteroatoms. The van der Waals surface area contributed by atoms with E-state index in [1.165, 1.54) is 25.3 Å². The monoisotopic (exact) mass is 393 g/mol. The van der Waals surface area contributed by atoms with Gasteiger partial charge in [-0.15, -0.1) is 0 Å². The normalized spacial score (nSPS) is 18.1. The van der Waals surface area contributed by atoms with Gasteiger partial charge in [-0.3, -0.25) is 10.1 Å². The summed E-state index contributed by atoms with van der Waals surface area (Å²) in [6, 6.07) is 5.30. The molecule has 2 N–H and O–H groups in total. The highest BCUT2D eigenvalue weighted by molar-refractivity contribution is 5.73. The SMILES string of the molecule is Nc1cc(N2CC(c3ncc4cnn(C5CCCCC5)c4n3)C2)ccc1[N+](=O)[O-]. The fourth-order valence-electron chi connectivity index (χ4n) is 4.40. The molecular weight excluding hydrogens is 370 g/mol. The van der Waals surface area contributed by atoms with Crippen LogP contribution >= 0.6 is 0 Å². The summed E-state index contributed by atoms with van der Waals surface area (Å²) in [7, 11) is 0. The Morgan fingerprint density at radius 1 is 1.14 bits per heavy atom. The lowest BCUT2D eigenvalue weighted by Gasteiger charge is -2.40. The molecule has 1 aliphatic carbocycles. The van der Waals surface area contributed by atoms with Crippen LogP contribution in [0.5, 0.6) is 0 Å². The van der Waals surface area contributed by atoms with Crippen LogP contribution < -0.4 is 10.6 Å². The summed E-state index contributed by atoms with van der Waals surface area (Å²) < 4.78 is 2.09. The second-order valence-corrected chi connectivity index (χ2v) is 7.99. The molecule has 2 aromatic heterocycles. The van der Waals surface area contributed by atoms with E-state index in [1.54, 1.807) is 12.1 Å². The van der Waals surface area contributed by atoms with Gasteiger partial charge in [0.15, 0.2) is 5.65 Å². The maximum Gasteiger partial charge on any atom is 0.292 e.